The first-order chi connectivity index (χ1) is 13.7. The number of alkyl halides is 2. The van der Waals surface area contributed by atoms with E-state index in [0.29, 0.717) is 14.4 Å². The summed E-state index contributed by atoms with van der Waals surface area (Å²) in [6.07, 6.45) is 4.45. The second-order valence-electron chi connectivity index (χ2n) is 6.79. The molecule has 0 N–H and O–H groups in total. The van der Waals surface area contributed by atoms with Crippen molar-refractivity contribution >= 4 is 0 Å². The number of hydrogen-bond donors (Lipinski definition) is 0. The van der Waals surface area contributed by atoms with Crippen LogP contribution >= 0.6 is 0 Å². The lowest BCUT2D eigenvalue weighted by Crippen LogP contribution is -1.94. The molecule has 0 heterocycles. The van der Waals surface area contributed by atoms with Gasteiger partial charge in [0.1, 0.15) is 0 Å². The Morgan fingerprint density at radius 3 is 0.786 bits per heavy atom. The van der Waals surface area contributed by atoms with E-state index in [4.69, 9.17) is 0 Å². The van der Waals surface area contributed by atoms with Crippen LogP contribution in [0.3, 0.4) is 0 Å². The van der Waals surface area contributed by atoms with Gasteiger partial charge in [-0.05, 0) is 61.8 Å². The summed E-state index contributed by atoms with van der Waals surface area (Å²) >= 11 is 0. The Morgan fingerprint density at radius 1 is 0.393 bits per heavy atom. The first-order valence-corrected chi connectivity index (χ1v) is 9.63. The monoisotopic (exact) mass is 382 g/mol. The molecule has 28 heavy (non-hydrogen) atoms. The largest absolute Gasteiger partial charge is 0.255 e. The van der Waals surface area contributed by atoms with Crippen LogP contribution in [0.15, 0.2) is 72.8 Å². The normalized spacial score (nSPS) is 9.64. The third kappa shape index (κ3) is 8.47. The third-order valence-electron chi connectivity index (χ3n) is 4.67. The van der Waals surface area contributed by atoms with Crippen molar-refractivity contribution in [1.29, 1.82) is 0 Å². The second-order valence-corrected chi connectivity index (χ2v) is 6.79. The molecule has 0 spiro atoms. The van der Waals surface area contributed by atoms with Crippen molar-refractivity contribution in [3.63, 3.8) is 0 Å². The van der Waals surface area contributed by atoms with Crippen molar-refractivity contribution in [2.75, 3.05) is 14.4 Å². The molecule has 0 aliphatic heterocycles. The Labute approximate surface area is 169 Å². The van der Waals surface area contributed by atoms with E-state index in [2.05, 4.69) is 86.6 Å². The summed E-state index contributed by atoms with van der Waals surface area (Å²) in [5.74, 6) is 0. The number of aryl methyl sites for hydroxylation is 6. The predicted octanol–water partition coefficient (Wildman–Crippen LogP) is 7.05. The van der Waals surface area contributed by atoms with Gasteiger partial charge in [-0.25, -0.2) is 0 Å². The van der Waals surface area contributed by atoms with Gasteiger partial charge in [-0.3, -0.25) is 8.78 Å². The van der Waals surface area contributed by atoms with Crippen molar-refractivity contribution in [3.8, 4) is 0 Å². The summed E-state index contributed by atoms with van der Waals surface area (Å²) in [6, 6.07) is 26.9. The maximum absolute atomic E-state index is 9.50. The molecular formula is C26H32F2. The zero-order valence-electron chi connectivity index (χ0n) is 17.5. The average molecular weight is 383 g/mol. The van der Waals surface area contributed by atoms with E-state index in [0.717, 1.165) is 25.7 Å². The maximum Gasteiger partial charge on any atom is 0.0785 e. The number of halogens is 2. The molecule has 0 unspecified atom stereocenters. The van der Waals surface area contributed by atoms with Gasteiger partial charge in [-0.15, -0.1) is 0 Å². The number of hydrogen-bond acceptors (Lipinski definition) is 0. The molecule has 0 amide bonds. The minimum atomic E-state index is 0.500. The Balaban J connectivity index is 0.000000921. The molecule has 0 radical (unpaired) electrons. The van der Waals surface area contributed by atoms with Crippen LogP contribution in [0.25, 0.3) is 0 Å². The van der Waals surface area contributed by atoms with E-state index in [1.807, 2.05) is 0 Å². The molecule has 0 saturated heterocycles. The summed E-state index contributed by atoms with van der Waals surface area (Å²) in [4.78, 5) is 0. The molecule has 0 aliphatic carbocycles. The molecule has 0 fully saturated rings. The summed E-state index contributed by atoms with van der Waals surface area (Å²) in [7, 11) is 1.00. The topological polar surface area (TPSA) is 0 Å². The molecule has 0 bridgehead atoms. The van der Waals surface area contributed by atoms with Gasteiger partial charge in [-0.1, -0.05) is 83.9 Å². The molecular weight excluding hydrogens is 350 g/mol. The van der Waals surface area contributed by atoms with E-state index >= 15 is 0 Å². The molecule has 0 aliphatic rings. The lowest BCUT2D eigenvalue weighted by Gasteiger charge is -2.06. The van der Waals surface area contributed by atoms with Crippen molar-refractivity contribution in [2.45, 2.75) is 39.5 Å². The molecule has 0 atom stereocenters. The van der Waals surface area contributed by atoms with E-state index < -0.39 is 0 Å². The van der Waals surface area contributed by atoms with Crippen LogP contribution < -0.4 is 0 Å². The fourth-order valence-corrected chi connectivity index (χ4v) is 2.96. The van der Waals surface area contributed by atoms with Gasteiger partial charge >= 0.3 is 0 Å². The zero-order valence-corrected chi connectivity index (χ0v) is 17.5. The Hall–Kier alpha value is -2.48. The lowest BCUT2D eigenvalue weighted by molar-refractivity contribution is 0.635. The zero-order chi connectivity index (χ0) is 20.8. The van der Waals surface area contributed by atoms with Gasteiger partial charge in [0.25, 0.3) is 0 Å². The van der Waals surface area contributed by atoms with Crippen molar-refractivity contribution in [3.05, 3.63) is 106 Å². The second kappa shape index (κ2) is 13.7. The van der Waals surface area contributed by atoms with E-state index in [9.17, 15) is 8.78 Å². The minimum Gasteiger partial charge on any atom is -0.255 e. The van der Waals surface area contributed by atoms with Crippen LogP contribution in [-0.2, 0) is 25.7 Å². The Morgan fingerprint density at radius 2 is 0.571 bits per heavy atom. The Kier molecular flexibility index (Phi) is 11.5. The fourth-order valence-electron chi connectivity index (χ4n) is 2.96. The summed E-state index contributed by atoms with van der Waals surface area (Å²) < 4.78 is 19.0. The highest BCUT2D eigenvalue weighted by Gasteiger charge is 1.99. The van der Waals surface area contributed by atoms with Crippen LogP contribution in [0.2, 0.25) is 0 Å². The highest BCUT2D eigenvalue weighted by molar-refractivity contribution is 5.27. The van der Waals surface area contributed by atoms with E-state index in [1.165, 1.54) is 33.4 Å². The highest BCUT2D eigenvalue weighted by Crippen LogP contribution is 2.13. The van der Waals surface area contributed by atoms with Gasteiger partial charge in [0.2, 0.25) is 0 Å². The molecule has 3 aromatic carbocycles. The van der Waals surface area contributed by atoms with Crippen molar-refractivity contribution in [1.82, 2.24) is 0 Å². The number of rotatable bonds is 6. The molecule has 3 aromatic rings. The Bertz CT molecular complexity index is 689. The third-order valence-corrected chi connectivity index (χ3v) is 4.67. The van der Waals surface area contributed by atoms with Crippen LogP contribution in [0.1, 0.15) is 33.4 Å². The highest BCUT2D eigenvalue weighted by atomic mass is 19.1. The van der Waals surface area contributed by atoms with Gasteiger partial charge < -0.3 is 0 Å². The molecule has 0 saturated carbocycles. The van der Waals surface area contributed by atoms with Gasteiger partial charge in [0.15, 0.2) is 0 Å². The van der Waals surface area contributed by atoms with Gasteiger partial charge in [0.05, 0.1) is 14.4 Å². The predicted molar refractivity (Wildman–Crippen MR) is 118 cm³/mol. The minimum absolute atomic E-state index is 0.500. The first-order valence-electron chi connectivity index (χ1n) is 9.63. The summed E-state index contributed by atoms with van der Waals surface area (Å²) in [5, 5.41) is 0. The lowest BCUT2D eigenvalue weighted by atomic mass is 10.00. The standard InChI is InChI=1S/C24H26.2CH3F/c1-19-3-7-21(8-4-19)11-13-23-15-17-24(18-16-23)14-12-22-9-5-20(2)6-10-22;2*1-2/h3-10,15-18H,11-14H2,1-2H3;2*1H3. The van der Waals surface area contributed by atoms with Crippen molar-refractivity contribution < 1.29 is 8.78 Å². The van der Waals surface area contributed by atoms with Crippen LogP contribution in [-0.4, -0.2) is 14.4 Å². The molecule has 2 heteroatoms. The number of benzene rings is 3. The van der Waals surface area contributed by atoms with Gasteiger partial charge in [-0.2, -0.15) is 0 Å². The fraction of sp³-hybridized carbons (Fsp3) is 0.308. The molecule has 3 rings (SSSR count). The van der Waals surface area contributed by atoms with Crippen LogP contribution in [0, 0.1) is 13.8 Å². The first kappa shape index (κ1) is 23.6. The SMILES string of the molecule is CF.CF.Cc1ccc(CCc2ccc(CCc3ccc(C)cc3)cc2)cc1. The summed E-state index contributed by atoms with van der Waals surface area (Å²) in [5.41, 5.74) is 8.35. The average Bonchev–Trinajstić information content (AvgIpc) is 2.76. The van der Waals surface area contributed by atoms with E-state index in [1.54, 1.807) is 0 Å². The molecule has 0 nitrogen and oxygen atoms in total. The van der Waals surface area contributed by atoms with Gasteiger partial charge in [0, 0.05) is 0 Å². The quantitative estimate of drug-likeness (QED) is 0.429. The summed E-state index contributed by atoms with van der Waals surface area (Å²) in [6.45, 7) is 4.28. The van der Waals surface area contributed by atoms with Crippen LogP contribution in [0.5, 0.6) is 0 Å². The maximum atomic E-state index is 9.50. The van der Waals surface area contributed by atoms with Crippen molar-refractivity contribution in [2.24, 2.45) is 0 Å². The van der Waals surface area contributed by atoms with Crippen LogP contribution in [0.4, 0.5) is 8.78 Å². The van der Waals surface area contributed by atoms with E-state index in [-0.39, 0.29) is 0 Å². The molecule has 0 aromatic heterocycles. The molecule has 150 valence electrons. The smallest absolute Gasteiger partial charge is 0.0785 e.